The van der Waals surface area contributed by atoms with Crippen molar-refractivity contribution in [3.05, 3.63) is 34.1 Å². The van der Waals surface area contributed by atoms with Crippen LogP contribution in [0.25, 0.3) is 0 Å². The Labute approximate surface area is 143 Å². The molecule has 1 amide bonds. The first kappa shape index (κ1) is 17.0. The molecule has 0 unspecified atom stereocenters. The number of nitrogens with zero attached hydrogens (tertiary/aromatic N) is 3. The summed E-state index contributed by atoms with van der Waals surface area (Å²) in [6.07, 6.45) is 0. The summed E-state index contributed by atoms with van der Waals surface area (Å²) in [5, 5.41) is 4.34. The van der Waals surface area contributed by atoms with Crippen molar-refractivity contribution in [2.24, 2.45) is 0 Å². The molecule has 0 aliphatic rings. The van der Waals surface area contributed by atoms with Crippen LogP contribution < -0.4 is 10.2 Å². The highest BCUT2D eigenvalue weighted by Crippen LogP contribution is 2.25. The smallest absolute Gasteiger partial charge is 0.243 e. The zero-order valence-electron chi connectivity index (χ0n) is 12.4. The molecular formula is C14H16Cl2N4OS. The number of aromatic nitrogens is 2. The van der Waals surface area contributed by atoms with Gasteiger partial charge in [-0.2, -0.15) is 4.37 Å². The van der Waals surface area contributed by atoms with E-state index in [9.17, 15) is 4.79 Å². The van der Waals surface area contributed by atoms with Gasteiger partial charge in [-0.3, -0.25) is 4.79 Å². The lowest BCUT2D eigenvalue weighted by Gasteiger charge is -2.15. The molecule has 0 bridgehead atoms. The highest BCUT2D eigenvalue weighted by atomic mass is 35.5. The van der Waals surface area contributed by atoms with E-state index < -0.39 is 0 Å². The lowest BCUT2D eigenvalue weighted by Crippen LogP contribution is -2.30. The molecule has 2 aromatic rings. The highest BCUT2D eigenvalue weighted by Gasteiger charge is 2.14. The number of likely N-dealkylation sites (N-methyl/N-ethyl adjacent to an activating group) is 1. The van der Waals surface area contributed by atoms with E-state index in [1.54, 1.807) is 30.1 Å². The Morgan fingerprint density at radius 3 is 2.68 bits per heavy atom. The summed E-state index contributed by atoms with van der Waals surface area (Å²) in [7, 11) is 1.80. The molecule has 8 heteroatoms. The van der Waals surface area contributed by atoms with Crippen molar-refractivity contribution in [3.63, 3.8) is 0 Å². The van der Waals surface area contributed by atoms with E-state index in [2.05, 4.69) is 14.7 Å². The Morgan fingerprint density at radius 2 is 2.09 bits per heavy atom. The maximum absolute atomic E-state index is 12.1. The molecule has 1 aromatic heterocycles. The zero-order valence-corrected chi connectivity index (χ0v) is 14.8. The van der Waals surface area contributed by atoms with E-state index in [1.807, 2.05) is 13.8 Å². The van der Waals surface area contributed by atoms with Gasteiger partial charge in [-0.05, 0) is 18.2 Å². The van der Waals surface area contributed by atoms with Gasteiger partial charge in [0.25, 0.3) is 0 Å². The minimum atomic E-state index is -0.165. The minimum Gasteiger partial charge on any atom is -0.341 e. The van der Waals surface area contributed by atoms with E-state index in [0.29, 0.717) is 20.9 Å². The maximum Gasteiger partial charge on any atom is 0.243 e. The summed E-state index contributed by atoms with van der Waals surface area (Å²) in [6, 6.07) is 4.96. The number of anilines is 2. The van der Waals surface area contributed by atoms with Crippen LogP contribution in [0.4, 0.5) is 10.8 Å². The van der Waals surface area contributed by atoms with Crippen molar-refractivity contribution in [1.82, 2.24) is 9.36 Å². The lowest BCUT2D eigenvalue weighted by atomic mass is 10.2. The molecule has 0 saturated carbocycles. The predicted molar refractivity (Wildman–Crippen MR) is 92.4 cm³/mol. The molecule has 5 nitrogen and oxygen atoms in total. The van der Waals surface area contributed by atoms with Crippen molar-refractivity contribution in [3.8, 4) is 0 Å². The molecule has 2 rings (SSSR count). The van der Waals surface area contributed by atoms with Gasteiger partial charge in [-0.25, -0.2) is 4.98 Å². The van der Waals surface area contributed by atoms with Crippen molar-refractivity contribution in [1.29, 1.82) is 0 Å². The van der Waals surface area contributed by atoms with Crippen molar-refractivity contribution in [2.75, 3.05) is 23.8 Å². The molecule has 1 heterocycles. The van der Waals surface area contributed by atoms with Gasteiger partial charge in [0.1, 0.15) is 5.82 Å². The number of carbonyl (C=O) groups is 1. The largest absolute Gasteiger partial charge is 0.341 e. The third-order valence-corrected chi connectivity index (χ3v) is 4.44. The summed E-state index contributed by atoms with van der Waals surface area (Å²) in [5.41, 5.74) is 0.605. The standard InChI is InChI=1S/C14H16Cl2N4OS/c1-8(2)13-18-14(22-19-13)20(3)7-12(21)17-9-4-5-10(15)11(16)6-9/h4-6,8H,7H2,1-3H3,(H,17,21). The molecule has 1 N–H and O–H groups in total. The number of benzene rings is 1. The van der Waals surface area contributed by atoms with Crippen molar-refractivity contribution >= 4 is 51.5 Å². The van der Waals surface area contributed by atoms with Crippen LogP contribution in [0.1, 0.15) is 25.6 Å². The Balaban J connectivity index is 1.96. The van der Waals surface area contributed by atoms with Gasteiger partial charge in [0.15, 0.2) is 0 Å². The normalized spacial score (nSPS) is 10.8. The van der Waals surface area contributed by atoms with E-state index >= 15 is 0 Å². The Morgan fingerprint density at radius 1 is 1.36 bits per heavy atom. The second-order valence-corrected chi connectivity index (χ2v) is 6.67. The second-order valence-electron chi connectivity index (χ2n) is 5.12. The summed E-state index contributed by atoms with van der Waals surface area (Å²) < 4.78 is 4.27. The average Bonchev–Trinajstić information content (AvgIpc) is 2.93. The topological polar surface area (TPSA) is 58.1 Å². The number of rotatable bonds is 5. The third kappa shape index (κ3) is 4.32. The number of hydrogen-bond donors (Lipinski definition) is 1. The molecule has 22 heavy (non-hydrogen) atoms. The second kappa shape index (κ2) is 7.26. The fourth-order valence-corrected chi connectivity index (χ4v) is 2.74. The van der Waals surface area contributed by atoms with Crippen molar-refractivity contribution < 1.29 is 4.79 Å². The molecular weight excluding hydrogens is 343 g/mol. The van der Waals surface area contributed by atoms with Crippen LogP contribution in [0.15, 0.2) is 18.2 Å². The SMILES string of the molecule is CC(C)c1nsc(N(C)CC(=O)Nc2ccc(Cl)c(Cl)c2)n1. The summed E-state index contributed by atoms with van der Waals surface area (Å²) in [6.45, 7) is 4.23. The van der Waals surface area contributed by atoms with E-state index in [4.69, 9.17) is 23.2 Å². The summed E-state index contributed by atoms with van der Waals surface area (Å²) in [5.74, 6) is 0.891. The monoisotopic (exact) mass is 358 g/mol. The predicted octanol–water partition coefficient (Wildman–Crippen LogP) is 4.04. The van der Waals surface area contributed by atoms with Gasteiger partial charge < -0.3 is 10.2 Å². The van der Waals surface area contributed by atoms with Crippen LogP contribution in [-0.2, 0) is 4.79 Å². The van der Waals surface area contributed by atoms with E-state index in [-0.39, 0.29) is 18.4 Å². The maximum atomic E-state index is 12.1. The summed E-state index contributed by atoms with van der Waals surface area (Å²) >= 11 is 13.0. The van der Waals surface area contributed by atoms with Crippen LogP contribution in [0, 0.1) is 0 Å². The molecule has 0 spiro atoms. The Kier molecular flexibility index (Phi) is 5.61. The minimum absolute atomic E-state index is 0.165. The Bertz CT molecular complexity index is 675. The molecule has 1 aromatic carbocycles. The average molecular weight is 359 g/mol. The fourth-order valence-electron chi connectivity index (χ4n) is 1.67. The van der Waals surface area contributed by atoms with Crippen LogP contribution in [0.5, 0.6) is 0 Å². The van der Waals surface area contributed by atoms with E-state index in [0.717, 1.165) is 5.82 Å². The van der Waals surface area contributed by atoms with Gasteiger partial charge in [0.2, 0.25) is 11.0 Å². The molecule has 0 aliphatic carbocycles. The number of nitrogens with one attached hydrogen (secondary N) is 1. The first-order chi connectivity index (χ1) is 10.4. The number of amides is 1. The fraction of sp³-hybridized carbons (Fsp3) is 0.357. The van der Waals surface area contributed by atoms with Crippen LogP contribution in [0.2, 0.25) is 10.0 Å². The van der Waals surface area contributed by atoms with Crippen molar-refractivity contribution in [2.45, 2.75) is 19.8 Å². The first-order valence-corrected chi connectivity index (χ1v) is 8.19. The molecule has 0 saturated heterocycles. The number of halogens is 2. The molecule has 0 aliphatic heterocycles. The number of carbonyl (C=O) groups excluding carboxylic acids is 1. The third-order valence-electron chi connectivity index (χ3n) is 2.86. The van der Waals surface area contributed by atoms with Crippen LogP contribution >= 0.6 is 34.7 Å². The van der Waals surface area contributed by atoms with Gasteiger partial charge in [-0.1, -0.05) is 37.0 Å². The van der Waals surface area contributed by atoms with Gasteiger partial charge in [-0.15, -0.1) is 0 Å². The molecule has 0 fully saturated rings. The lowest BCUT2D eigenvalue weighted by molar-refractivity contribution is -0.114. The highest BCUT2D eigenvalue weighted by molar-refractivity contribution is 7.09. The number of hydrogen-bond acceptors (Lipinski definition) is 5. The van der Waals surface area contributed by atoms with Gasteiger partial charge in [0, 0.05) is 30.2 Å². The van der Waals surface area contributed by atoms with Crippen LogP contribution in [0.3, 0.4) is 0 Å². The molecule has 0 radical (unpaired) electrons. The first-order valence-electron chi connectivity index (χ1n) is 6.66. The Hall–Kier alpha value is -1.37. The van der Waals surface area contributed by atoms with Gasteiger partial charge in [0.05, 0.1) is 16.6 Å². The molecule has 0 atom stereocenters. The zero-order chi connectivity index (χ0) is 16.3. The summed E-state index contributed by atoms with van der Waals surface area (Å²) in [4.78, 5) is 18.2. The van der Waals surface area contributed by atoms with E-state index in [1.165, 1.54) is 11.5 Å². The molecule has 118 valence electrons. The quantitative estimate of drug-likeness (QED) is 0.875. The van der Waals surface area contributed by atoms with Gasteiger partial charge >= 0.3 is 0 Å². The van der Waals surface area contributed by atoms with Crippen LogP contribution in [-0.4, -0.2) is 28.9 Å².